The second kappa shape index (κ2) is 5.47. The van der Waals surface area contributed by atoms with Gasteiger partial charge in [-0.25, -0.2) is 4.79 Å². The van der Waals surface area contributed by atoms with Gasteiger partial charge in [0.25, 0.3) is 0 Å². The van der Waals surface area contributed by atoms with Gasteiger partial charge < -0.3 is 4.74 Å². The van der Waals surface area contributed by atoms with Crippen molar-refractivity contribution >= 4 is 29.5 Å². The van der Waals surface area contributed by atoms with Crippen LogP contribution < -0.4 is 0 Å². The summed E-state index contributed by atoms with van der Waals surface area (Å²) in [6.07, 6.45) is 2.11. The maximum absolute atomic E-state index is 11.7. The first-order valence-electron chi connectivity index (χ1n) is 4.63. The van der Waals surface area contributed by atoms with Gasteiger partial charge in [0.05, 0.1) is 5.37 Å². The molecule has 0 spiro atoms. The van der Waals surface area contributed by atoms with Gasteiger partial charge in [0.1, 0.15) is 0 Å². The van der Waals surface area contributed by atoms with Crippen LogP contribution >= 0.6 is 23.4 Å². The summed E-state index contributed by atoms with van der Waals surface area (Å²) in [6.45, 7) is 7.15. The molecule has 84 valence electrons. The number of halogens is 1. The van der Waals surface area contributed by atoms with Crippen molar-refractivity contribution in [2.45, 2.75) is 31.2 Å². The van der Waals surface area contributed by atoms with Crippen LogP contribution in [0, 0.1) is 0 Å². The molecule has 5 heteroatoms. The number of carbonyl (C=O) groups excluding carboxylic acids is 1. The number of ether oxygens (including phenoxy) is 1. The first kappa shape index (κ1) is 12.5. The van der Waals surface area contributed by atoms with Gasteiger partial charge in [-0.05, 0) is 25.7 Å². The minimum absolute atomic E-state index is 0.0467. The molecule has 0 saturated heterocycles. The average Bonchev–Trinajstić information content (AvgIpc) is 2.46. The smallest absolute Gasteiger partial charge is 0.416 e. The molecule has 0 radical (unpaired) electrons. The highest BCUT2D eigenvalue weighted by atomic mass is 35.5. The summed E-state index contributed by atoms with van der Waals surface area (Å²) in [4.78, 5) is 13.3. The summed E-state index contributed by atoms with van der Waals surface area (Å²) in [7, 11) is 0. The Kier molecular flexibility index (Phi) is 4.54. The van der Waals surface area contributed by atoms with E-state index in [1.807, 2.05) is 12.3 Å². The van der Waals surface area contributed by atoms with Crippen molar-refractivity contribution < 1.29 is 9.53 Å². The van der Waals surface area contributed by atoms with Crippen LogP contribution in [0.25, 0.3) is 0 Å². The first-order chi connectivity index (χ1) is 7.06. The number of nitrogens with zero attached hydrogens (tertiary/aromatic N) is 1. The van der Waals surface area contributed by atoms with Gasteiger partial charge >= 0.3 is 6.09 Å². The molecule has 2 atom stereocenters. The van der Waals surface area contributed by atoms with Gasteiger partial charge in [-0.1, -0.05) is 17.7 Å². The van der Waals surface area contributed by atoms with Gasteiger partial charge in [0.15, 0.2) is 5.56 Å². The molecule has 15 heavy (non-hydrogen) atoms. The molecule has 1 heterocycles. The van der Waals surface area contributed by atoms with E-state index < -0.39 is 11.7 Å². The Bertz CT molecular complexity index is 291. The number of hydrogen-bond donors (Lipinski definition) is 0. The lowest BCUT2D eigenvalue weighted by molar-refractivity contribution is 0.105. The molecule has 0 fully saturated rings. The Morgan fingerprint density at radius 1 is 1.93 bits per heavy atom. The molecule has 1 amide bonds. The Hall–Kier alpha value is -0.610. The fourth-order valence-corrected chi connectivity index (χ4v) is 2.45. The van der Waals surface area contributed by atoms with Crippen LogP contribution in [0.3, 0.4) is 0 Å². The highest BCUT2D eigenvalue weighted by molar-refractivity contribution is 8.02. The van der Waals surface area contributed by atoms with E-state index in [1.54, 1.807) is 29.7 Å². The van der Waals surface area contributed by atoms with E-state index in [0.717, 1.165) is 12.1 Å². The summed E-state index contributed by atoms with van der Waals surface area (Å²) in [5.41, 5.74) is 0.273. The lowest BCUT2D eigenvalue weighted by Crippen LogP contribution is -2.35. The zero-order valence-corrected chi connectivity index (χ0v) is 10.3. The lowest BCUT2D eigenvalue weighted by atomic mass is 10.3. The van der Waals surface area contributed by atoms with Gasteiger partial charge in [0.2, 0.25) is 0 Å². The SMILES string of the molecule is C=CCC1SC=C(C)N1C(=O)OC(C)Cl. The summed E-state index contributed by atoms with van der Waals surface area (Å²) in [6, 6.07) is 0. The number of alkyl halides is 1. The molecule has 0 N–H and O–H groups in total. The zero-order valence-electron chi connectivity index (χ0n) is 8.77. The molecule has 0 bridgehead atoms. The molecule has 1 aliphatic rings. The van der Waals surface area contributed by atoms with E-state index in [9.17, 15) is 4.79 Å². The number of rotatable bonds is 3. The van der Waals surface area contributed by atoms with Crippen molar-refractivity contribution in [3.05, 3.63) is 23.8 Å². The Balaban J connectivity index is 2.67. The van der Waals surface area contributed by atoms with E-state index in [-0.39, 0.29) is 5.37 Å². The summed E-state index contributed by atoms with van der Waals surface area (Å²) >= 11 is 7.19. The maximum Gasteiger partial charge on any atom is 0.416 e. The van der Waals surface area contributed by atoms with E-state index in [2.05, 4.69) is 6.58 Å². The van der Waals surface area contributed by atoms with E-state index in [1.165, 1.54) is 0 Å². The van der Waals surface area contributed by atoms with Crippen LogP contribution in [0.1, 0.15) is 20.3 Å². The molecule has 0 aromatic rings. The highest BCUT2D eigenvalue weighted by Crippen LogP contribution is 2.33. The summed E-state index contributed by atoms with van der Waals surface area (Å²) < 4.78 is 4.95. The molecule has 0 saturated carbocycles. The largest absolute Gasteiger partial charge is 0.430 e. The standard InChI is InChI=1S/C10H14ClNO2S/c1-4-5-9-12(7(2)6-15-9)10(13)14-8(3)11/h4,6,8-9H,1,5H2,2-3H3. The lowest BCUT2D eigenvalue weighted by Gasteiger charge is -2.24. The van der Waals surface area contributed by atoms with Crippen LogP contribution in [0.5, 0.6) is 0 Å². The predicted octanol–water partition coefficient (Wildman–Crippen LogP) is 3.52. The third-order valence-electron chi connectivity index (χ3n) is 1.89. The minimum atomic E-state index is -0.611. The van der Waals surface area contributed by atoms with Gasteiger partial charge in [-0.2, -0.15) is 0 Å². The van der Waals surface area contributed by atoms with Crippen LogP contribution in [0.2, 0.25) is 0 Å². The van der Waals surface area contributed by atoms with Crippen LogP contribution in [0.15, 0.2) is 23.8 Å². The first-order valence-corrected chi connectivity index (χ1v) is 6.01. The predicted molar refractivity (Wildman–Crippen MR) is 63.6 cm³/mol. The summed E-state index contributed by atoms with van der Waals surface area (Å²) in [5, 5.41) is 1.99. The van der Waals surface area contributed by atoms with Crippen molar-refractivity contribution in [2.24, 2.45) is 0 Å². The van der Waals surface area contributed by atoms with Crippen molar-refractivity contribution in [1.82, 2.24) is 4.90 Å². The Morgan fingerprint density at radius 2 is 2.60 bits per heavy atom. The summed E-state index contributed by atoms with van der Waals surface area (Å²) in [5.74, 6) is 0. The molecule has 3 nitrogen and oxygen atoms in total. The number of thioether (sulfide) groups is 1. The monoisotopic (exact) mass is 247 g/mol. The molecule has 0 aromatic heterocycles. The number of allylic oxidation sites excluding steroid dienone is 1. The van der Waals surface area contributed by atoms with Gasteiger partial charge in [-0.15, -0.1) is 18.3 Å². The minimum Gasteiger partial charge on any atom is -0.430 e. The van der Waals surface area contributed by atoms with Crippen molar-refractivity contribution in [1.29, 1.82) is 0 Å². The molecule has 0 aliphatic carbocycles. The molecule has 2 unspecified atom stereocenters. The third-order valence-corrected chi connectivity index (χ3v) is 3.18. The van der Waals surface area contributed by atoms with Crippen LogP contribution in [-0.4, -0.2) is 21.9 Å². The molecule has 1 rings (SSSR count). The number of amides is 1. The topological polar surface area (TPSA) is 29.5 Å². The maximum atomic E-state index is 11.7. The van der Waals surface area contributed by atoms with Gasteiger partial charge in [-0.3, -0.25) is 4.90 Å². The zero-order chi connectivity index (χ0) is 11.4. The second-order valence-corrected chi connectivity index (χ2v) is 4.84. The number of hydrogen-bond acceptors (Lipinski definition) is 3. The van der Waals surface area contributed by atoms with Crippen molar-refractivity contribution in [3.63, 3.8) is 0 Å². The third kappa shape index (κ3) is 3.18. The van der Waals surface area contributed by atoms with Crippen LogP contribution in [-0.2, 0) is 4.74 Å². The normalized spacial score (nSPS) is 22.2. The molecular formula is C10H14ClNO2S. The molecular weight excluding hydrogens is 234 g/mol. The van der Waals surface area contributed by atoms with Crippen molar-refractivity contribution in [3.8, 4) is 0 Å². The van der Waals surface area contributed by atoms with E-state index >= 15 is 0 Å². The molecule has 0 aromatic carbocycles. The fraction of sp³-hybridized carbons (Fsp3) is 0.500. The number of carbonyl (C=O) groups is 1. The van der Waals surface area contributed by atoms with E-state index in [4.69, 9.17) is 16.3 Å². The average molecular weight is 248 g/mol. The second-order valence-electron chi connectivity index (χ2n) is 3.17. The Morgan fingerprint density at radius 3 is 3.13 bits per heavy atom. The molecule has 1 aliphatic heterocycles. The van der Waals surface area contributed by atoms with Crippen LogP contribution in [0.4, 0.5) is 4.79 Å². The van der Waals surface area contributed by atoms with E-state index in [0.29, 0.717) is 0 Å². The quantitative estimate of drug-likeness (QED) is 0.565. The van der Waals surface area contributed by atoms with Gasteiger partial charge in [0, 0.05) is 5.70 Å². The fourth-order valence-electron chi connectivity index (χ4n) is 1.28. The highest BCUT2D eigenvalue weighted by Gasteiger charge is 2.30. The Labute approximate surface area is 99.1 Å². The van der Waals surface area contributed by atoms with Crippen molar-refractivity contribution in [2.75, 3.05) is 0 Å².